The van der Waals surface area contributed by atoms with Crippen LogP contribution in [0.2, 0.25) is 0 Å². The summed E-state index contributed by atoms with van der Waals surface area (Å²) in [6, 6.07) is 0.283. The first-order valence-electron chi connectivity index (χ1n) is 4.76. The molecule has 1 aromatic rings. The third kappa shape index (κ3) is 2.24. The number of rotatable bonds is 2. The average Bonchev–Trinajstić information content (AvgIpc) is 2.58. The van der Waals surface area contributed by atoms with Gasteiger partial charge >= 0.3 is 29.6 Å². The molecule has 2 rings (SSSR count). The molecule has 6 heteroatoms. The molecule has 1 aromatic heterocycles. The molecule has 1 aliphatic rings. The van der Waals surface area contributed by atoms with E-state index in [0.717, 1.165) is 18.7 Å². The van der Waals surface area contributed by atoms with E-state index in [1.165, 1.54) is 0 Å². The van der Waals surface area contributed by atoms with Gasteiger partial charge in [0.25, 0.3) is 0 Å². The van der Waals surface area contributed by atoms with Gasteiger partial charge in [-0.3, -0.25) is 0 Å². The largest absolute Gasteiger partial charge is 1.00 e. The van der Waals surface area contributed by atoms with Crippen molar-refractivity contribution >= 4 is 5.97 Å². The molecule has 0 saturated carbocycles. The molecule has 0 aliphatic carbocycles. The van der Waals surface area contributed by atoms with E-state index >= 15 is 0 Å². The molecule has 0 N–H and O–H groups in total. The van der Waals surface area contributed by atoms with Crippen LogP contribution in [0.1, 0.15) is 42.8 Å². The van der Waals surface area contributed by atoms with Gasteiger partial charge in [0.15, 0.2) is 5.82 Å². The summed E-state index contributed by atoms with van der Waals surface area (Å²) in [6.07, 6.45) is 1.81. The molecule has 1 atom stereocenters. The van der Waals surface area contributed by atoms with E-state index in [9.17, 15) is 9.90 Å². The molecule has 2 heterocycles. The second kappa shape index (κ2) is 4.63. The molecule has 0 radical (unpaired) electrons. The van der Waals surface area contributed by atoms with Crippen LogP contribution in [0.3, 0.4) is 0 Å². The van der Waals surface area contributed by atoms with Gasteiger partial charge in [0.2, 0.25) is 0 Å². The quantitative estimate of drug-likeness (QED) is 0.489. The van der Waals surface area contributed by atoms with Crippen LogP contribution in [-0.2, 0) is 6.42 Å². The van der Waals surface area contributed by atoms with E-state index in [4.69, 9.17) is 0 Å². The zero-order valence-corrected chi connectivity index (χ0v) is 11.2. The average molecular weight is 217 g/mol. The Morgan fingerprint density at radius 1 is 1.60 bits per heavy atom. The van der Waals surface area contributed by atoms with Crippen molar-refractivity contribution in [3.8, 4) is 0 Å². The summed E-state index contributed by atoms with van der Waals surface area (Å²) in [6.45, 7) is 4.19. The Morgan fingerprint density at radius 3 is 2.80 bits per heavy atom. The first kappa shape index (κ1) is 12.7. The maximum atomic E-state index is 10.5. The van der Waals surface area contributed by atoms with Gasteiger partial charge in [-0.25, -0.2) is 9.67 Å². The van der Waals surface area contributed by atoms with Gasteiger partial charge in [-0.05, 0) is 12.3 Å². The second-order valence-corrected chi connectivity index (χ2v) is 3.93. The molecule has 0 fully saturated rings. The number of hydrogen-bond acceptors (Lipinski definition) is 4. The predicted octanol–water partition coefficient (Wildman–Crippen LogP) is -3.21. The van der Waals surface area contributed by atoms with Crippen molar-refractivity contribution in [3.63, 3.8) is 0 Å². The Labute approximate surface area is 110 Å². The van der Waals surface area contributed by atoms with Crippen LogP contribution >= 0.6 is 0 Å². The summed E-state index contributed by atoms with van der Waals surface area (Å²) in [5.74, 6) is -0.268. The van der Waals surface area contributed by atoms with Crippen LogP contribution in [0, 0.1) is 5.92 Å². The van der Waals surface area contributed by atoms with Crippen molar-refractivity contribution in [2.24, 2.45) is 5.92 Å². The molecular weight excluding hydrogens is 205 g/mol. The van der Waals surface area contributed by atoms with Gasteiger partial charge in [-0.15, -0.1) is 5.10 Å². The second-order valence-electron chi connectivity index (χ2n) is 3.93. The fourth-order valence-corrected chi connectivity index (χ4v) is 1.89. The molecule has 1 unspecified atom stereocenters. The number of aromatic carboxylic acids is 1. The van der Waals surface area contributed by atoms with E-state index in [1.54, 1.807) is 4.68 Å². The number of hydrogen-bond donors (Lipinski definition) is 0. The Balaban J connectivity index is 0.00000112. The molecule has 15 heavy (non-hydrogen) atoms. The van der Waals surface area contributed by atoms with E-state index in [2.05, 4.69) is 23.9 Å². The minimum absolute atomic E-state index is 0. The molecular formula is C9H12N3NaO2. The van der Waals surface area contributed by atoms with Crippen molar-refractivity contribution in [3.05, 3.63) is 11.6 Å². The van der Waals surface area contributed by atoms with Crippen LogP contribution < -0.4 is 34.7 Å². The summed E-state index contributed by atoms with van der Waals surface area (Å²) >= 11 is 0. The van der Waals surface area contributed by atoms with Crippen LogP contribution in [0.4, 0.5) is 0 Å². The van der Waals surface area contributed by atoms with Gasteiger partial charge in [0.05, 0.1) is 6.04 Å². The number of carboxylic acids is 1. The number of carboxylic acid groups (broad SMARTS) is 1. The molecule has 76 valence electrons. The summed E-state index contributed by atoms with van der Waals surface area (Å²) in [4.78, 5) is 14.4. The van der Waals surface area contributed by atoms with Crippen molar-refractivity contribution in [1.82, 2.24) is 14.8 Å². The standard InChI is InChI=1S/C9H13N3O2.Na/c1-5(2)6-3-4-7-10-8(9(13)14)11-12(6)7;/h5-6H,3-4H2,1-2H3,(H,13,14);/q;+1/p-1. The first-order valence-corrected chi connectivity index (χ1v) is 4.76. The van der Waals surface area contributed by atoms with E-state index in [1.807, 2.05) is 0 Å². The molecule has 0 aromatic carbocycles. The predicted molar refractivity (Wildman–Crippen MR) is 46.5 cm³/mol. The minimum atomic E-state index is -1.30. The molecule has 1 aliphatic heterocycles. The van der Waals surface area contributed by atoms with E-state index in [0.29, 0.717) is 5.92 Å². The number of nitrogens with zero attached hydrogens (tertiary/aromatic N) is 3. The summed E-state index contributed by atoms with van der Waals surface area (Å²) in [5.41, 5.74) is 0. The zero-order valence-electron chi connectivity index (χ0n) is 9.23. The Bertz CT molecular complexity index is 375. The number of carbonyl (C=O) groups excluding carboxylic acids is 1. The van der Waals surface area contributed by atoms with Crippen molar-refractivity contribution in [2.75, 3.05) is 0 Å². The fourth-order valence-electron chi connectivity index (χ4n) is 1.89. The number of aryl methyl sites for hydroxylation is 1. The number of aromatic nitrogens is 3. The van der Waals surface area contributed by atoms with Crippen LogP contribution in [0.15, 0.2) is 0 Å². The number of carbonyl (C=O) groups is 1. The summed E-state index contributed by atoms with van der Waals surface area (Å²) in [7, 11) is 0. The maximum absolute atomic E-state index is 10.5. The monoisotopic (exact) mass is 217 g/mol. The minimum Gasteiger partial charge on any atom is -0.541 e. The van der Waals surface area contributed by atoms with Crippen LogP contribution in [-0.4, -0.2) is 20.7 Å². The first-order chi connectivity index (χ1) is 6.59. The van der Waals surface area contributed by atoms with Crippen molar-refractivity contribution in [2.45, 2.75) is 32.7 Å². The SMILES string of the molecule is CC(C)C1CCc2nc(C(=O)[O-])nn21.[Na+]. The van der Waals surface area contributed by atoms with Gasteiger partial charge in [0.1, 0.15) is 11.8 Å². The van der Waals surface area contributed by atoms with Crippen molar-refractivity contribution < 1.29 is 39.5 Å². The Kier molecular flexibility index (Phi) is 3.92. The van der Waals surface area contributed by atoms with Crippen LogP contribution in [0.25, 0.3) is 0 Å². The molecule has 0 spiro atoms. The van der Waals surface area contributed by atoms with Crippen molar-refractivity contribution in [1.29, 1.82) is 0 Å². The Morgan fingerprint density at radius 2 is 2.27 bits per heavy atom. The third-order valence-electron chi connectivity index (χ3n) is 2.63. The topological polar surface area (TPSA) is 70.8 Å². The Hall–Kier alpha value is -0.390. The van der Waals surface area contributed by atoms with E-state index in [-0.39, 0.29) is 41.4 Å². The van der Waals surface area contributed by atoms with Gasteiger partial charge < -0.3 is 9.90 Å². The molecule has 0 amide bonds. The molecule has 5 nitrogen and oxygen atoms in total. The summed E-state index contributed by atoms with van der Waals surface area (Å²) in [5, 5.41) is 14.5. The van der Waals surface area contributed by atoms with Gasteiger partial charge in [0, 0.05) is 6.42 Å². The smallest absolute Gasteiger partial charge is 0.541 e. The maximum Gasteiger partial charge on any atom is 1.00 e. The zero-order chi connectivity index (χ0) is 10.3. The number of fused-ring (bicyclic) bond motifs is 1. The van der Waals surface area contributed by atoms with Gasteiger partial charge in [-0.1, -0.05) is 13.8 Å². The normalized spacial score (nSPS) is 18.7. The molecule has 0 bridgehead atoms. The summed E-state index contributed by atoms with van der Waals surface area (Å²) < 4.78 is 1.73. The fraction of sp³-hybridized carbons (Fsp3) is 0.667. The van der Waals surface area contributed by atoms with E-state index < -0.39 is 5.97 Å². The third-order valence-corrected chi connectivity index (χ3v) is 2.63. The molecule has 0 saturated heterocycles. The van der Waals surface area contributed by atoms with Gasteiger partial charge in [-0.2, -0.15) is 0 Å². The van der Waals surface area contributed by atoms with Crippen LogP contribution in [0.5, 0.6) is 0 Å².